The van der Waals surface area contributed by atoms with Gasteiger partial charge in [-0.1, -0.05) is 42.5 Å². The Bertz CT molecular complexity index is 616. The van der Waals surface area contributed by atoms with E-state index in [4.69, 9.17) is 4.74 Å². The van der Waals surface area contributed by atoms with Gasteiger partial charge in [-0.2, -0.15) is 13.2 Å². The van der Waals surface area contributed by atoms with Crippen molar-refractivity contribution in [1.29, 1.82) is 0 Å². The van der Waals surface area contributed by atoms with E-state index in [1.165, 1.54) is 12.2 Å². The molecule has 1 atom stereocenters. The Hall–Kier alpha value is -2.51. The highest BCUT2D eigenvalue weighted by Crippen LogP contribution is 2.26. The topological polar surface area (TPSA) is 55.8 Å². The van der Waals surface area contributed by atoms with Crippen molar-refractivity contribution >= 4 is 12.1 Å². The highest BCUT2D eigenvalue weighted by Gasteiger charge is 2.46. The lowest BCUT2D eigenvalue weighted by Crippen LogP contribution is -2.52. The molecule has 0 spiro atoms. The number of esters is 1. The van der Waals surface area contributed by atoms with Crippen LogP contribution in [0.1, 0.15) is 18.4 Å². The molecule has 1 aromatic carbocycles. The third-order valence-corrected chi connectivity index (χ3v) is 3.58. The minimum atomic E-state index is -4.75. The van der Waals surface area contributed by atoms with E-state index in [1.54, 1.807) is 30.3 Å². The number of hydrogen-bond donors (Lipinski definition) is 0. The first kappa shape index (κ1) is 18.8. The number of alkyl halides is 3. The number of benzene rings is 1. The highest BCUT2D eigenvalue weighted by molar-refractivity contribution is 5.70. The smallest absolute Gasteiger partial charge is 0.412 e. The molecule has 0 radical (unpaired) electrons. The molecule has 0 aliphatic carbocycles. The molecule has 1 heterocycles. The zero-order valence-electron chi connectivity index (χ0n) is 13.4. The Balaban J connectivity index is 2.13. The van der Waals surface area contributed by atoms with Gasteiger partial charge in [0.25, 0.3) is 0 Å². The van der Waals surface area contributed by atoms with Gasteiger partial charge in [-0.05, 0) is 12.0 Å². The van der Waals surface area contributed by atoms with Gasteiger partial charge in [-0.25, -0.2) is 4.79 Å². The van der Waals surface area contributed by atoms with Gasteiger partial charge < -0.3 is 9.47 Å². The number of ether oxygens (including phenoxy) is 2. The first-order chi connectivity index (χ1) is 11.9. The molecule has 0 saturated carbocycles. The summed E-state index contributed by atoms with van der Waals surface area (Å²) in [4.78, 5) is 24.1. The van der Waals surface area contributed by atoms with E-state index in [0.29, 0.717) is 16.9 Å². The van der Waals surface area contributed by atoms with Crippen LogP contribution in [0.3, 0.4) is 0 Å². The minimum Gasteiger partial charge on any atom is -0.463 e. The first-order valence-electron chi connectivity index (χ1n) is 7.72. The van der Waals surface area contributed by atoms with Gasteiger partial charge in [-0.3, -0.25) is 9.69 Å². The molecule has 2 rings (SSSR count). The zero-order chi connectivity index (χ0) is 18.3. The Morgan fingerprint density at radius 3 is 2.64 bits per heavy atom. The molecule has 5 nitrogen and oxygen atoms in total. The number of carbonyl (C=O) groups excluding carboxylic acids is 2. The molecule has 1 aliphatic rings. The quantitative estimate of drug-likeness (QED) is 0.601. The van der Waals surface area contributed by atoms with Crippen molar-refractivity contribution in [2.45, 2.75) is 31.7 Å². The lowest BCUT2D eigenvalue weighted by molar-refractivity contribution is -0.193. The van der Waals surface area contributed by atoms with Gasteiger partial charge >= 0.3 is 18.2 Å². The number of rotatable bonds is 2. The second kappa shape index (κ2) is 8.55. The predicted octanol–water partition coefficient (Wildman–Crippen LogP) is 3.45. The average molecular weight is 357 g/mol. The molecule has 136 valence electrons. The van der Waals surface area contributed by atoms with Crippen LogP contribution in [0.4, 0.5) is 18.0 Å². The largest absolute Gasteiger partial charge is 0.463 e. The maximum atomic E-state index is 13.3. The summed E-state index contributed by atoms with van der Waals surface area (Å²) in [6, 6.07) is 6.36. The number of carbonyl (C=O) groups is 2. The van der Waals surface area contributed by atoms with Crippen LogP contribution in [0.5, 0.6) is 0 Å². The van der Waals surface area contributed by atoms with Crippen molar-refractivity contribution in [1.82, 2.24) is 4.90 Å². The molecule has 1 aromatic rings. The number of hydrogen-bond acceptors (Lipinski definition) is 4. The lowest BCUT2D eigenvalue weighted by atomic mass is 10.2. The van der Waals surface area contributed by atoms with Crippen LogP contribution >= 0.6 is 0 Å². The summed E-state index contributed by atoms with van der Waals surface area (Å²) in [5, 5.41) is 0. The molecule has 1 amide bonds. The van der Waals surface area contributed by atoms with Crippen molar-refractivity contribution in [3.8, 4) is 0 Å². The predicted molar refractivity (Wildman–Crippen MR) is 82.5 cm³/mol. The van der Waals surface area contributed by atoms with E-state index in [1.807, 2.05) is 0 Å². The fourth-order valence-electron chi connectivity index (χ4n) is 2.24. The summed E-state index contributed by atoms with van der Waals surface area (Å²) < 4.78 is 49.6. The van der Waals surface area contributed by atoms with E-state index < -0.39 is 30.9 Å². The van der Waals surface area contributed by atoms with Crippen LogP contribution in [0.15, 0.2) is 42.5 Å². The van der Waals surface area contributed by atoms with Crippen LogP contribution in [0.2, 0.25) is 0 Å². The van der Waals surface area contributed by atoms with Gasteiger partial charge in [0.05, 0.1) is 0 Å². The average Bonchev–Trinajstić information content (AvgIpc) is 2.57. The number of halogens is 3. The number of cyclic esters (lactones) is 1. The molecule has 1 aliphatic heterocycles. The lowest BCUT2D eigenvalue weighted by Gasteiger charge is -2.31. The van der Waals surface area contributed by atoms with Crippen LogP contribution in [0, 0.1) is 0 Å². The van der Waals surface area contributed by atoms with Gasteiger partial charge in [0.1, 0.15) is 13.2 Å². The summed E-state index contributed by atoms with van der Waals surface area (Å²) in [6.07, 6.45) is -2.58. The summed E-state index contributed by atoms with van der Waals surface area (Å²) >= 11 is 0. The van der Waals surface area contributed by atoms with E-state index >= 15 is 0 Å². The molecule has 0 saturated heterocycles. The fraction of sp³-hybridized carbons (Fsp3) is 0.412. The van der Waals surface area contributed by atoms with Crippen LogP contribution in [0.25, 0.3) is 0 Å². The number of nitrogens with zero attached hydrogens (tertiary/aromatic N) is 1. The summed E-state index contributed by atoms with van der Waals surface area (Å²) in [5.41, 5.74) is 0.655. The van der Waals surface area contributed by atoms with Crippen LogP contribution in [-0.2, 0) is 20.9 Å². The zero-order valence-corrected chi connectivity index (χ0v) is 13.4. The third-order valence-electron chi connectivity index (χ3n) is 3.58. The Labute approximate surface area is 143 Å². The molecule has 0 N–H and O–H groups in total. The van der Waals surface area contributed by atoms with Crippen LogP contribution in [-0.4, -0.2) is 42.3 Å². The minimum absolute atomic E-state index is 0.000466. The monoisotopic (exact) mass is 357 g/mol. The Morgan fingerprint density at radius 2 is 1.96 bits per heavy atom. The number of allylic oxidation sites excluding steroid dienone is 1. The molecule has 0 fully saturated rings. The molecule has 0 bridgehead atoms. The molecule has 8 heteroatoms. The van der Waals surface area contributed by atoms with Gasteiger partial charge in [-0.15, -0.1) is 0 Å². The first-order valence-corrected chi connectivity index (χ1v) is 7.72. The highest BCUT2D eigenvalue weighted by atomic mass is 19.4. The van der Waals surface area contributed by atoms with E-state index in [2.05, 4.69) is 4.74 Å². The van der Waals surface area contributed by atoms with Gasteiger partial charge in [0.15, 0.2) is 6.04 Å². The molecule has 0 aromatic heterocycles. The second-order valence-electron chi connectivity index (χ2n) is 5.44. The molecular weight excluding hydrogens is 339 g/mol. The SMILES string of the molecule is O=C1CC/C=C\CN(C(=O)OCc2ccccc2)[C@@H](C(F)(F)F)CO1. The van der Waals surface area contributed by atoms with Gasteiger partial charge in [0, 0.05) is 13.0 Å². The van der Waals surface area contributed by atoms with Crippen molar-refractivity contribution in [3.63, 3.8) is 0 Å². The van der Waals surface area contributed by atoms with Crippen molar-refractivity contribution in [2.75, 3.05) is 13.2 Å². The van der Waals surface area contributed by atoms with Crippen LogP contribution < -0.4 is 0 Å². The molecule has 0 unspecified atom stereocenters. The normalized spacial score (nSPS) is 20.5. The molecular formula is C17H18F3NO4. The number of amides is 1. The standard InChI is InChI=1S/C17H18F3NO4/c18-17(19,20)14-12-24-15(22)9-5-2-6-10-21(14)16(23)25-11-13-7-3-1-4-8-13/h1-4,6-8,14H,5,9-12H2/b6-2-/t14-/m1/s1. The maximum absolute atomic E-state index is 13.3. The van der Waals surface area contributed by atoms with Crippen molar-refractivity contribution in [2.24, 2.45) is 0 Å². The maximum Gasteiger partial charge on any atom is 0.412 e. The van der Waals surface area contributed by atoms with Crippen molar-refractivity contribution in [3.05, 3.63) is 48.0 Å². The van der Waals surface area contributed by atoms with E-state index in [9.17, 15) is 22.8 Å². The third kappa shape index (κ3) is 5.81. The summed E-state index contributed by atoms with van der Waals surface area (Å²) in [5.74, 6) is -0.738. The second-order valence-corrected chi connectivity index (χ2v) is 5.44. The fourth-order valence-corrected chi connectivity index (χ4v) is 2.24. The van der Waals surface area contributed by atoms with Gasteiger partial charge in [0.2, 0.25) is 0 Å². The Kier molecular flexibility index (Phi) is 6.44. The van der Waals surface area contributed by atoms with E-state index in [-0.39, 0.29) is 19.6 Å². The Morgan fingerprint density at radius 1 is 1.24 bits per heavy atom. The van der Waals surface area contributed by atoms with Crippen molar-refractivity contribution < 1.29 is 32.2 Å². The molecule has 25 heavy (non-hydrogen) atoms. The summed E-state index contributed by atoms with van der Waals surface area (Å²) in [6.45, 7) is -1.38. The van der Waals surface area contributed by atoms with E-state index in [0.717, 1.165) is 0 Å². The summed E-state index contributed by atoms with van der Waals surface area (Å²) in [7, 11) is 0.